The molecule has 0 saturated carbocycles. The van der Waals surface area contributed by atoms with Crippen LogP contribution in [-0.4, -0.2) is 47.7 Å². The van der Waals surface area contributed by atoms with Gasteiger partial charge in [-0.05, 0) is 24.3 Å². The minimum atomic E-state index is -4.40. The van der Waals surface area contributed by atoms with E-state index in [0.717, 1.165) is 42.8 Å². The highest BCUT2D eigenvalue weighted by atomic mass is 32.2. The molecule has 0 atom stereocenters. The smallest absolute Gasteiger partial charge is 0.368 e. The lowest BCUT2D eigenvalue weighted by Crippen LogP contribution is -2.49. The number of amides is 1. The molecule has 0 unspecified atom stereocenters. The SMILES string of the molecule is O=C(CSc1ccc(C(F)(F)F)cn1)N1CCN(c2ccccc2)CC1. The highest BCUT2D eigenvalue weighted by molar-refractivity contribution is 7.99. The number of alkyl halides is 3. The van der Waals surface area contributed by atoms with E-state index in [0.29, 0.717) is 18.1 Å². The molecule has 2 aromatic rings. The number of hydrogen-bond donors (Lipinski definition) is 0. The lowest BCUT2D eigenvalue weighted by atomic mass is 10.2. The molecule has 2 heterocycles. The van der Waals surface area contributed by atoms with E-state index >= 15 is 0 Å². The number of para-hydroxylation sites is 1. The number of halogens is 3. The molecule has 0 aliphatic carbocycles. The molecule has 1 aromatic carbocycles. The molecule has 3 rings (SSSR count). The quantitative estimate of drug-likeness (QED) is 0.759. The Morgan fingerprint density at radius 2 is 1.73 bits per heavy atom. The number of anilines is 1. The van der Waals surface area contributed by atoms with Crippen LogP contribution in [0.3, 0.4) is 0 Å². The summed E-state index contributed by atoms with van der Waals surface area (Å²) in [6.45, 7) is 2.79. The Morgan fingerprint density at radius 1 is 1.04 bits per heavy atom. The van der Waals surface area contributed by atoms with Crippen LogP contribution in [0.1, 0.15) is 5.56 Å². The molecule has 138 valence electrons. The van der Waals surface area contributed by atoms with Crippen molar-refractivity contribution in [1.29, 1.82) is 0 Å². The summed E-state index contributed by atoms with van der Waals surface area (Å²) in [5, 5.41) is 0.411. The topological polar surface area (TPSA) is 36.4 Å². The molecule has 0 N–H and O–H groups in total. The first kappa shape index (κ1) is 18.6. The number of carbonyl (C=O) groups is 1. The van der Waals surface area contributed by atoms with E-state index in [4.69, 9.17) is 0 Å². The van der Waals surface area contributed by atoms with Crippen molar-refractivity contribution in [2.75, 3.05) is 36.8 Å². The third kappa shape index (κ3) is 4.69. The normalized spacial score (nSPS) is 15.2. The third-order valence-electron chi connectivity index (χ3n) is 4.16. The van der Waals surface area contributed by atoms with E-state index in [1.54, 1.807) is 4.90 Å². The second-order valence-electron chi connectivity index (χ2n) is 5.87. The van der Waals surface area contributed by atoms with E-state index in [2.05, 4.69) is 9.88 Å². The average molecular weight is 381 g/mol. The van der Waals surface area contributed by atoms with Gasteiger partial charge in [0.15, 0.2) is 0 Å². The summed E-state index contributed by atoms with van der Waals surface area (Å²) in [5.74, 6) is 0.147. The van der Waals surface area contributed by atoms with Crippen LogP contribution in [0.25, 0.3) is 0 Å². The first-order valence-electron chi connectivity index (χ1n) is 8.17. The fourth-order valence-corrected chi connectivity index (χ4v) is 3.46. The van der Waals surface area contributed by atoms with Crippen molar-refractivity contribution >= 4 is 23.4 Å². The molecule has 0 radical (unpaired) electrons. The molecule has 1 saturated heterocycles. The molecule has 26 heavy (non-hydrogen) atoms. The monoisotopic (exact) mass is 381 g/mol. The van der Waals surface area contributed by atoms with Crippen LogP contribution in [0.2, 0.25) is 0 Å². The largest absolute Gasteiger partial charge is 0.417 e. The van der Waals surface area contributed by atoms with Gasteiger partial charge in [-0.15, -0.1) is 0 Å². The van der Waals surface area contributed by atoms with Gasteiger partial charge in [0.2, 0.25) is 5.91 Å². The van der Waals surface area contributed by atoms with Gasteiger partial charge in [-0.2, -0.15) is 13.2 Å². The van der Waals surface area contributed by atoms with Crippen molar-refractivity contribution in [1.82, 2.24) is 9.88 Å². The van der Waals surface area contributed by atoms with Gasteiger partial charge in [0.1, 0.15) is 0 Å². The second-order valence-corrected chi connectivity index (χ2v) is 6.87. The maximum atomic E-state index is 12.5. The minimum absolute atomic E-state index is 0.0237. The van der Waals surface area contributed by atoms with Crippen molar-refractivity contribution in [3.63, 3.8) is 0 Å². The van der Waals surface area contributed by atoms with Gasteiger partial charge >= 0.3 is 6.18 Å². The summed E-state index contributed by atoms with van der Waals surface area (Å²) in [6, 6.07) is 12.3. The molecule has 8 heteroatoms. The fraction of sp³-hybridized carbons (Fsp3) is 0.333. The zero-order chi connectivity index (χ0) is 18.6. The van der Waals surface area contributed by atoms with Gasteiger partial charge in [0.05, 0.1) is 16.3 Å². The Morgan fingerprint density at radius 3 is 2.31 bits per heavy atom. The first-order valence-corrected chi connectivity index (χ1v) is 9.16. The summed E-state index contributed by atoms with van der Waals surface area (Å²) < 4.78 is 37.6. The summed E-state index contributed by atoms with van der Waals surface area (Å²) in [7, 11) is 0. The maximum Gasteiger partial charge on any atom is 0.417 e. The molecule has 1 aromatic heterocycles. The predicted octanol–water partition coefficient (Wildman–Crippen LogP) is 3.54. The maximum absolute atomic E-state index is 12.5. The molecule has 1 fully saturated rings. The molecule has 1 aliphatic rings. The van der Waals surface area contributed by atoms with Crippen molar-refractivity contribution in [3.05, 3.63) is 54.2 Å². The van der Waals surface area contributed by atoms with Crippen LogP contribution in [-0.2, 0) is 11.0 Å². The van der Waals surface area contributed by atoms with Crippen LogP contribution in [0.4, 0.5) is 18.9 Å². The zero-order valence-corrected chi connectivity index (χ0v) is 14.8. The Bertz CT molecular complexity index is 730. The number of rotatable bonds is 4. The number of aromatic nitrogens is 1. The standard InChI is InChI=1S/C18H18F3N3OS/c19-18(20,21)14-6-7-16(22-12-14)26-13-17(25)24-10-8-23(9-11-24)15-4-2-1-3-5-15/h1-7,12H,8-11,13H2. The molecular weight excluding hydrogens is 363 g/mol. The van der Waals surface area contributed by atoms with Crippen molar-refractivity contribution in [2.24, 2.45) is 0 Å². The lowest BCUT2D eigenvalue weighted by Gasteiger charge is -2.36. The fourth-order valence-electron chi connectivity index (χ4n) is 2.71. The summed E-state index contributed by atoms with van der Waals surface area (Å²) in [4.78, 5) is 20.1. The number of benzene rings is 1. The molecule has 1 amide bonds. The van der Waals surface area contributed by atoms with Gasteiger partial charge < -0.3 is 9.80 Å². The Labute approximate surface area is 154 Å². The van der Waals surface area contributed by atoms with Gasteiger partial charge in [-0.1, -0.05) is 30.0 Å². The van der Waals surface area contributed by atoms with Gasteiger partial charge in [0.25, 0.3) is 0 Å². The number of piperazine rings is 1. The highest BCUT2D eigenvalue weighted by Gasteiger charge is 2.30. The Kier molecular flexibility index (Phi) is 5.70. The number of hydrogen-bond acceptors (Lipinski definition) is 4. The van der Waals surface area contributed by atoms with Crippen molar-refractivity contribution in [2.45, 2.75) is 11.2 Å². The third-order valence-corrected chi connectivity index (χ3v) is 5.09. The number of nitrogens with zero attached hydrogens (tertiary/aromatic N) is 3. The minimum Gasteiger partial charge on any atom is -0.368 e. The Hall–Kier alpha value is -2.22. The lowest BCUT2D eigenvalue weighted by molar-refractivity contribution is -0.138. The van der Waals surface area contributed by atoms with Gasteiger partial charge in [-0.25, -0.2) is 4.98 Å². The van der Waals surface area contributed by atoms with Crippen molar-refractivity contribution < 1.29 is 18.0 Å². The second kappa shape index (κ2) is 7.99. The zero-order valence-electron chi connectivity index (χ0n) is 13.9. The predicted molar refractivity (Wildman–Crippen MR) is 95.2 cm³/mol. The summed E-state index contributed by atoms with van der Waals surface area (Å²) in [5.41, 5.74) is 0.355. The van der Waals surface area contributed by atoms with E-state index < -0.39 is 11.7 Å². The average Bonchev–Trinajstić information content (AvgIpc) is 2.66. The van der Waals surface area contributed by atoms with E-state index in [-0.39, 0.29) is 11.7 Å². The van der Waals surface area contributed by atoms with E-state index in [9.17, 15) is 18.0 Å². The molecule has 4 nitrogen and oxygen atoms in total. The van der Waals surface area contributed by atoms with Crippen molar-refractivity contribution in [3.8, 4) is 0 Å². The Balaban J connectivity index is 1.47. The van der Waals surface area contributed by atoms with Crippen LogP contribution < -0.4 is 4.90 Å². The van der Waals surface area contributed by atoms with Crippen LogP contribution in [0.5, 0.6) is 0 Å². The van der Waals surface area contributed by atoms with Crippen LogP contribution in [0, 0.1) is 0 Å². The molecule has 0 spiro atoms. The van der Waals surface area contributed by atoms with E-state index in [1.165, 1.54) is 6.07 Å². The number of carbonyl (C=O) groups excluding carboxylic acids is 1. The summed E-state index contributed by atoms with van der Waals surface area (Å²) in [6.07, 6.45) is -3.60. The molecule has 0 bridgehead atoms. The molecular formula is C18H18F3N3OS. The van der Waals surface area contributed by atoms with Crippen LogP contribution in [0.15, 0.2) is 53.7 Å². The van der Waals surface area contributed by atoms with Gasteiger partial charge in [-0.3, -0.25) is 4.79 Å². The highest BCUT2D eigenvalue weighted by Crippen LogP contribution is 2.29. The van der Waals surface area contributed by atoms with E-state index in [1.807, 2.05) is 30.3 Å². The summed E-state index contributed by atoms with van der Waals surface area (Å²) >= 11 is 1.16. The number of thioether (sulfide) groups is 1. The first-order chi connectivity index (χ1) is 12.4. The molecule has 1 aliphatic heterocycles. The van der Waals surface area contributed by atoms with Crippen LogP contribution >= 0.6 is 11.8 Å². The number of pyridine rings is 1. The van der Waals surface area contributed by atoms with Gasteiger partial charge in [0, 0.05) is 38.1 Å².